The fraction of sp³-hybridized carbons (Fsp3) is 0.348. The van der Waals surface area contributed by atoms with Crippen LogP contribution in [0.15, 0.2) is 42.0 Å². The summed E-state index contributed by atoms with van der Waals surface area (Å²) in [7, 11) is 0. The van der Waals surface area contributed by atoms with Crippen molar-refractivity contribution in [3.8, 4) is 11.5 Å². The summed E-state index contributed by atoms with van der Waals surface area (Å²) >= 11 is 0. The van der Waals surface area contributed by atoms with Crippen molar-refractivity contribution in [2.24, 2.45) is 0 Å². The minimum absolute atomic E-state index is 0.0191. The summed E-state index contributed by atoms with van der Waals surface area (Å²) in [5, 5.41) is 2.66. The molecule has 6 nitrogen and oxygen atoms in total. The Kier molecular flexibility index (Phi) is 6.27. The van der Waals surface area contributed by atoms with Gasteiger partial charge in [-0.1, -0.05) is 12.1 Å². The van der Waals surface area contributed by atoms with Crippen LogP contribution in [0.1, 0.15) is 18.1 Å². The van der Waals surface area contributed by atoms with E-state index in [0.717, 1.165) is 12.1 Å². The summed E-state index contributed by atoms with van der Waals surface area (Å²) in [5.41, 5.74) is 0.763. The molecule has 0 aliphatic carbocycles. The van der Waals surface area contributed by atoms with Gasteiger partial charge in [0.1, 0.15) is 6.61 Å². The zero-order valence-corrected chi connectivity index (χ0v) is 17.5. The average Bonchev–Trinajstić information content (AvgIpc) is 2.79. The molecular formula is C23H23F3N2O4. The number of para-hydroxylation sites is 1. The molecule has 0 radical (unpaired) electrons. The maximum absolute atomic E-state index is 13.3. The van der Waals surface area contributed by atoms with E-state index in [-0.39, 0.29) is 12.3 Å². The number of hydrogen-bond donors (Lipinski definition) is 1. The lowest BCUT2D eigenvalue weighted by atomic mass is 10.1. The van der Waals surface area contributed by atoms with Crippen LogP contribution in [0.2, 0.25) is 0 Å². The fourth-order valence-corrected chi connectivity index (χ4v) is 3.68. The number of benzene rings is 2. The summed E-state index contributed by atoms with van der Waals surface area (Å²) in [6.07, 6.45) is -2.86. The second kappa shape index (κ2) is 9.12. The number of carbonyl (C=O) groups excluding carboxylic acids is 1. The SMILES string of the molecule is CCOc1cccc2c1OCC(C(=O)Nc1cc(C(F)(F)F)ccc1N1CCOCC1)=C2. The summed E-state index contributed by atoms with van der Waals surface area (Å²) < 4.78 is 56.6. The number of fused-ring (bicyclic) bond motifs is 1. The Morgan fingerprint density at radius 2 is 1.97 bits per heavy atom. The molecule has 0 saturated carbocycles. The van der Waals surface area contributed by atoms with Crippen LogP contribution in [0.4, 0.5) is 24.5 Å². The Hall–Kier alpha value is -3.20. The van der Waals surface area contributed by atoms with Crippen LogP contribution in [0, 0.1) is 0 Å². The molecule has 1 fully saturated rings. The molecule has 2 aromatic carbocycles. The Bertz CT molecular complexity index is 1030. The molecule has 0 aromatic heterocycles. The Labute approximate surface area is 183 Å². The molecular weight excluding hydrogens is 425 g/mol. The van der Waals surface area contributed by atoms with E-state index in [1.165, 1.54) is 6.07 Å². The molecule has 1 amide bonds. The van der Waals surface area contributed by atoms with Crippen LogP contribution < -0.4 is 19.7 Å². The van der Waals surface area contributed by atoms with Gasteiger partial charge in [0.25, 0.3) is 5.91 Å². The first kappa shape index (κ1) is 22.0. The Morgan fingerprint density at radius 3 is 2.69 bits per heavy atom. The first-order chi connectivity index (χ1) is 15.4. The van der Waals surface area contributed by atoms with Gasteiger partial charge in [0.05, 0.1) is 42.3 Å². The largest absolute Gasteiger partial charge is 0.490 e. The van der Waals surface area contributed by atoms with E-state index >= 15 is 0 Å². The first-order valence-electron chi connectivity index (χ1n) is 10.3. The summed E-state index contributed by atoms with van der Waals surface area (Å²) in [6.45, 7) is 4.28. The van der Waals surface area contributed by atoms with E-state index in [1.807, 2.05) is 11.8 Å². The van der Waals surface area contributed by atoms with Crippen molar-refractivity contribution >= 4 is 23.4 Å². The number of hydrogen-bond acceptors (Lipinski definition) is 5. The molecule has 2 aliphatic rings. The highest BCUT2D eigenvalue weighted by molar-refractivity contribution is 6.09. The molecule has 170 valence electrons. The topological polar surface area (TPSA) is 60.0 Å². The molecule has 2 aliphatic heterocycles. The van der Waals surface area contributed by atoms with E-state index in [9.17, 15) is 18.0 Å². The van der Waals surface area contributed by atoms with Crippen LogP contribution in [0.25, 0.3) is 6.08 Å². The van der Waals surface area contributed by atoms with Crippen LogP contribution >= 0.6 is 0 Å². The number of carbonyl (C=O) groups is 1. The zero-order chi connectivity index (χ0) is 22.7. The first-order valence-corrected chi connectivity index (χ1v) is 10.3. The van der Waals surface area contributed by atoms with E-state index in [4.69, 9.17) is 14.2 Å². The fourth-order valence-electron chi connectivity index (χ4n) is 3.68. The van der Waals surface area contributed by atoms with Gasteiger partial charge in [0.2, 0.25) is 0 Å². The molecule has 2 heterocycles. The second-order valence-electron chi connectivity index (χ2n) is 7.35. The van der Waals surface area contributed by atoms with Crippen molar-refractivity contribution < 1.29 is 32.2 Å². The van der Waals surface area contributed by atoms with Crippen molar-refractivity contribution in [3.05, 3.63) is 53.1 Å². The van der Waals surface area contributed by atoms with Gasteiger partial charge >= 0.3 is 6.18 Å². The minimum atomic E-state index is -4.52. The molecule has 1 N–H and O–H groups in total. The monoisotopic (exact) mass is 448 g/mol. The molecule has 9 heteroatoms. The van der Waals surface area contributed by atoms with Gasteiger partial charge in [0.15, 0.2) is 11.5 Å². The maximum Gasteiger partial charge on any atom is 0.416 e. The smallest absolute Gasteiger partial charge is 0.416 e. The number of ether oxygens (including phenoxy) is 3. The van der Waals surface area contributed by atoms with Crippen LogP contribution in [-0.2, 0) is 15.7 Å². The predicted octanol–water partition coefficient (Wildman–Crippen LogP) is 4.36. The standard InChI is InChI=1S/C23H23F3N2O4/c1-2-31-20-5-3-4-15-12-16(14-32-21(15)20)22(29)27-18-13-17(23(24,25)26)6-7-19(18)28-8-10-30-11-9-28/h3-7,12-13H,2,8-11,14H2,1H3,(H,27,29). The zero-order valence-electron chi connectivity index (χ0n) is 17.5. The predicted molar refractivity (Wildman–Crippen MR) is 114 cm³/mol. The number of nitrogens with one attached hydrogen (secondary N) is 1. The molecule has 32 heavy (non-hydrogen) atoms. The number of rotatable bonds is 5. The van der Waals surface area contributed by atoms with Gasteiger partial charge in [0, 0.05) is 18.7 Å². The highest BCUT2D eigenvalue weighted by Gasteiger charge is 2.32. The third-order valence-corrected chi connectivity index (χ3v) is 5.23. The van der Waals surface area contributed by atoms with Gasteiger partial charge in [-0.25, -0.2) is 0 Å². The number of nitrogens with zero attached hydrogens (tertiary/aromatic N) is 1. The molecule has 4 rings (SSSR count). The van der Waals surface area contributed by atoms with Crippen molar-refractivity contribution in [2.45, 2.75) is 13.1 Å². The van der Waals surface area contributed by atoms with Crippen molar-refractivity contribution in [1.82, 2.24) is 0 Å². The summed E-state index contributed by atoms with van der Waals surface area (Å²) in [5.74, 6) is 0.596. The number of halogens is 3. The second-order valence-corrected chi connectivity index (χ2v) is 7.35. The lowest BCUT2D eigenvalue weighted by molar-refractivity contribution is -0.137. The lowest BCUT2D eigenvalue weighted by Crippen LogP contribution is -2.37. The molecule has 0 spiro atoms. The third kappa shape index (κ3) is 4.67. The third-order valence-electron chi connectivity index (χ3n) is 5.23. The number of anilines is 2. The van der Waals surface area contributed by atoms with E-state index in [0.29, 0.717) is 61.2 Å². The molecule has 1 saturated heterocycles. The highest BCUT2D eigenvalue weighted by atomic mass is 19.4. The number of amides is 1. The molecule has 0 bridgehead atoms. The quantitative estimate of drug-likeness (QED) is 0.737. The van der Waals surface area contributed by atoms with Crippen LogP contribution in [-0.4, -0.2) is 45.4 Å². The summed E-state index contributed by atoms with van der Waals surface area (Å²) in [6, 6.07) is 8.72. The highest BCUT2D eigenvalue weighted by Crippen LogP contribution is 2.38. The van der Waals surface area contributed by atoms with E-state index in [2.05, 4.69) is 5.32 Å². The molecule has 0 atom stereocenters. The van der Waals surface area contributed by atoms with E-state index in [1.54, 1.807) is 24.3 Å². The number of morpholine rings is 1. The van der Waals surface area contributed by atoms with Gasteiger partial charge < -0.3 is 24.4 Å². The van der Waals surface area contributed by atoms with E-state index < -0.39 is 17.6 Å². The van der Waals surface area contributed by atoms with Crippen molar-refractivity contribution in [2.75, 3.05) is 49.7 Å². The minimum Gasteiger partial charge on any atom is -0.490 e. The van der Waals surface area contributed by atoms with Crippen molar-refractivity contribution in [3.63, 3.8) is 0 Å². The Balaban J connectivity index is 1.63. The van der Waals surface area contributed by atoms with Crippen LogP contribution in [0.3, 0.4) is 0 Å². The maximum atomic E-state index is 13.3. The summed E-state index contributed by atoms with van der Waals surface area (Å²) in [4.78, 5) is 14.9. The number of alkyl halides is 3. The van der Waals surface area contributed by atoms with Gasteiger partial charge in [-0.3, -0.25) is 4.79 Å². The average molecular weight is 448 g/mol. The van der Waals surface area contributed by atoms with Gasteiger partial charge in [-0.05, 0) is 37.3 Å². The molecule has 0 unspecified atom stereocenters. The molecule has 2 aromatic rings. The van der Waals surface area contributed by atoms with Crippen LogP contribution in [0.5, 0.6) is 11.5 Å². The van der Waals surface area contributed by atoms with Gasteiger partial charge in [-0.2, -0.15) is 13.2 Å². The van der Waals surface area contributed by atoms with Gasteiger partial charge in [-0.15, -0.1) is 0 Å². The Morgan fingerprint density at radius 1 is 1.19 bits per heavy atom. The van der Waals surface area contributed by atoms with Crippen molar-refractivity contribution in [1.29, 1.82) is 0 Å². The lowest BCUT2D eigenvalue weighted by Gasteiger charge is -2.31. The normalized spacial score (nSPS) is 16.0.